The van der Waals surface area contributed by atoms with Crippen molar-refractivity contribution in [1.82, 2.24) is 9.55 Å². The summed E-state index contributed by atoms with van der Waals surface area (Å²) in [7, 11) is 0. The van der Waals surface area contributed by atoms with Gasteiger partial charge in [0.15, 0.2) is 0 Å². The third-order valence-corrected chi connectivity index (χ3v) is 4.21. The minimum atomic E-state index is -0.909. The van der Waals surface area contributed by atoms with Crippen LogP contribution in [0.4, 0.5) is 0 Å². The third kappa shape index (κ3) is 2.51. The maximum Gasteiger partial charge on any atom is 0.335 e. The van der Waals surface area contributed by atoms with Crippen LogP contribution in [0.1, 0.15) is 24.2 Å². The SMILES string of the molecule is CSC(C)(C)Cn1cnc2ccc(C(=O)O)cc21. The van der Waals surface area contributed by atoms with Gasteiger partial charge in [0.05, 0.1) is 22.9 Å². The average molecular weight is 264 g/mol. The summed E-state index contributed by atoms with van der Waals surface area (Å²) in [6.07, 6.45) is 3.84. The van der Waals surface area contributed by atoms with Gasteiger partial charge in [-0.3, -0.25) is 0 Å². The molecule has 0 amide bonds. The van der Waals surface area contributed by atoms with Gasteiger partial charge < -0.3 is 9.67 Å². The Kier molecular flexibility index (Phi) is 3.34. The highest BCUT2D eigenvalue weighted by Gasteiger charge is 2.18. The molecular weight excluding hydrogens is 248 g/mol. The van der Waals surface area contributed by atoms with Crippen LogP contribution in [0.2, 0.25) is 0 Å². The third-order valence-electron chi connectivity index (χ3n) is 2.97. The molecule has 0 fully saturated rings. The summed E-state index contributed by atoms with van der Waals surface area (Å²) >= 11 is 1.78. The zero-order valence-electron chi connectivity index (χ0n) is 10.7. The molecule has 96 valence electrons. The molecule has 0 spiro atoms. The molecule has 4 nitrogen and oxygen atoms in total. The number of benzene rings is 1. The van der Waals surface area contributed by atoms with Gasteiger partial charge in [-0.05, 0) is 38.3 Å². The van der Waals surface area contributed by atoms with E-state index in [-0.39, 0.29) is 4.75 Å². The zero-order valence-corrected chi connectivity index (χ0v) is 11.5. The van der Waals surface area contributed by atoms with E-state index in [9.17, 15) is 4.79 Å². The highest BCUT2D eigenvalue weighted by atomic mass is 32.2. The summed E-state index contributed by atoms with van der Waals surface area (Å²) in [4.78, 5) is 15.3. The van der Waals surface area contributed by atoms with Crippen LogP contribution < -0.4 is 0 Å². The van der Waals surface area contributed by atoms with Crippen LogP contribution in [-0.2, 0) is 6.54 Å². The molecular formula is C13H16N2O2S. The molecule has 0 unspecified atom stereocenters. The molecule has 0 saturated carbocycles. The summed E-state index contributed by atoms with van der Waals surface area (Å²) in [5.41, 5.74) is 2.00. The van der Waals surface area contributed by atoms with Crippen LogP contribution in [0.15, 0.2) is 24.5 Å². The number of carboxylic acid groups (broad SMARTS) is 1. The second-order valence-corrected chi connectivity index (χ2v) is 6.36. The van der Waals surface area contributed by atoms with Crippen LogP contribution in [0.25, 0.3) is 11.0 Å². The quantitative estimate of drug-likeness (QED) is 0.922. The normalized spacial score (nSPS) is 11.9. The van der Waals surface area contributed by atoms with Crippen LogP contribution in [0.5, 0.6) is 0 Å². The first-order valence-electron chi connectivity index (χ1n) is 5.66. The second kappa shape index (κ2) is 4.65. The molecule has 1 heterocycles. The van der Waals surface area contributed by atoms with Crippen LogP contribution in [0.3, 0.4) is 0 Å². The summed E-state index contributed by atoms with van der Waals surface area (Å²) in [6, 6.07) is 5.02. The topological polar surface area (TPSA) is 55.1 Å². The Morgan fingerprint density at radius 2 is 2.22 bits per heavy atom. The van der Waals surface area contributed by atoms with Gasteiger partial charge in [-0.15, -0.1) is 0 Å². The lowest BCUT2D eigenvalue weighted by molar-refractivity contribution is 0.0697. The van der Waals surface area contributed by atoms with E-state index in [4.69, 9.17) is 5.11 Å². The Labute approximate surface area is 110 Å². The van der Waals surface area contributed by atoms with Gasteiger partial charge in [-0.25, -0.2) is 9.78 Å². The monoisotopic (exact) mass is 264 g/mol. The van der Waals surface area contributed by atoms with Crippen molar-refractivity contribution in [3.05, 3.63) is 30.1 Å². The maximum absolute atomic E-state index is 11.0. The van der Waals surface area contributed by atoms with Gasteiger partial charge in [0.1, 0.15) is 0 Å². The molecule has 2 aromatic rings. The fraction of sp³-hybridized carbons (Fsp3) is 0.385. The minimum Gasteiger partial charge on any atom is -0.478 e. The number of aromatic carboxylic acids is 1. The zero-order chi connectivity index (χ0) is 13.3. The van der Waals surface area contributed by atoms with Crippen molar-refractivity contribution in [3.63, 3.8) is 0 Å². The van der Waals surface area contributed by atoms with Crippen molar-refractivity contribution in [2.45, 2.75) is 25.1 Å². The maximum atomic E-state index is 11.0. The van der Waals surface area contributed by atoms with Crippen LogP contribution in [0, 0.1) is 0 Å². The summed E-state index contributed by atoms with van der Waals surface area (Å²) in [6.45, 7) is 5.11. The molecule has 0 aliphatic carbocycles. The van der Waals surface area contributed by atoms with Gasteiger partial charge in [0.2, 0.25) is 0 Å². The smallest absolute Gasteiger partial charge is 0.335 e. The van der Waals surface area contributed by atoms with Crippen molar-refractivity contribution < 1.29 is 9.90 Å². The number of hydrogen-bond donors (Lipinski definition) is 1. The van der Waals surface area contributed by atoms with E-state index in [1.165, 1.54) is 0 Å². The van der Waals surface area contributed by atoms with E-state index in [2.05, 4.69) is 25.1 Å². The Morgan fingerprint density at radius 3 is 2.83 bits per heavy atom. The molecule has 0 saturated heterocycles. The van der Waals surface area contributed by atoms with Gasteiger partial charge >= 0.3 is 5.97 Å². The summed E-state index contributed by atoms with van der Waals surface area (Å²) in [5, 5.41) is 9.02. The van der Waals surface area contributed by atoms with E-state index in [1.54, 1.807) is 36.3 Å². The van der Waals surface area contributed by atoms with E-state index in [0.29, 0.717) is 5.56 Å². The van der Waals surface area contributed by atoms with Gasteiger partial charge in [-0.2, -0.15) is 11.8 Å². The Balaban J connectivity index is 2.45. The number of fused-ring (bicyclic) bond motifs is 1. The highest BCUT2D eigenvalue weighted by molar-refractivity contribution is 7.99. The molecule has 0 radical (unpaired) electrons. The van der Waals surface area contributed by atoms with Crippen LogP contribution in [-0.4, -0.2) is 31.6 Å². The number of nitrogens with zero attached hydrogens (tertiary/aromatic N) is 2. The first-order chi connectivity index (χ1) is 8.43. The van der Waals surface area contributed by atoms with Crippen molar-refractivity contribution in [2.24, 2.45) is 0 Å². The van der Waals surface area contributed by atoms with Crippen LogP contribution >= 0.6 is 11.8 Å². The highest BCUT2D eigenvalue weighted by Crippen LogP contribution is 2.25. The molecule has 18 heavy (non-hydrogen) atoms. The van der Waals surface area contributed by atoms with E-state index < -0.39 is 5.97 Å². The van der Waals surface area contributed by atoms with Crippen molar-refractivity contribution >= 4 is 28.8 Å². The molecule has 2 rings (SSSR count). The lowest BCUT2D eigenvalue weighted by atomic mass is 10.2. The number of aromatic nitrogens is 2. The standard InChI is InChI=1S/C13H16N2O2S/c1-13(2,18-3)7-15-8-14-10-5-4-9(12(16)17)6-11(10)15/h4-6,8H,7H2,1-3H3,(H,16,17). The molecule has 5 heteroatoms. The first-order valence-corrected chi connectivity index (χ1v) is 6.89. The number of carboxylic acids is 1. The van der Waals surface area contributed by atoms with Crippen molar-refractivity contribution in [2.75, 3.05) is 6.26 Å². The van der Waals surface area contributed by atoms with Gasteiger partial charge in [0, 0.05) is 11.3 Å². The molecule has 0 atom stereocenters. The fourth-order valence-electron chi connectivity index (χ4n) is 1.79. The summed E-state index contributed by atoms with van der Waals surface area (Å²) < 4.78 is 2.10. The van der Waals surface area contributed by atoms with Gasteiger partial charge in [0.25, 0.3) is 0 Å². The molecule has 0 aliphatic rings. The number of imidazole rings is 1. The number of rotatable bonds is 4. The fourth-order valence-corrected chi connectivity index (χ4v) is 2.06. The molecule has 0 bridgehead atoms. The van der Waals surface area contributed by atoms with Gasteiger partial charge in [-0.1, -0.05) is 0 Å². The van der Waals surface area contributed by atoms with Crippen molar-refractivity contribution in [1.29, 1.82) is 0 Å². The number of thioether (sulfide) groups is 1. The Morgan fingerprint density at radius 1 is 1.50 bits per heavy atom. The van der Waals surface area contributed by atoms with Crippen molar-refractivity contribution in [3.8, 4) is 0 Å². The lowest BCUT2D eigenvalue weighted by Gasteiger charge is -2.22. The minimum absolute atomic E-state index is 0.0901. The molecule has 1 aromatic heterocycles. The lowest BCUT2D eigenvalue weighted by Crippen LogP contribution is -2.21. The second-order valence-electron chi connectivity index (χ2n) is 4.84. The molecule has 1 aromatic carbocycles. The number of hydrogen-bond acceptors (Lipinski definition) is 3. The van der Waals surface area contributed by atoms with E-state index in [0.717, 1.165) is 17.6 Å². The molecule has 1 N–H and O–H groups in total. The Hall–Kier alpha value is -1.49. The van der Waals surface area contributed by atoms with E-state index in [1.807, 2.05) is 4.57 Å². The molecule has 0 aliphatic heterocycles. The van der Waals surface area contributed by atoms with E-state index >= 15 is 0 Å². The predicted molar refractivity (Wildman–Crippen MR) is 74.3 cm³/mol. The number of carbonyl (C=O) groups is 1. The average Bonchev–Trinajstić information content (AvgIpc) is 2.71. The Bertz CT molecular complexity index is 590. The predicted octanol–water partition coefficient (Wildman–Crippen LogP) is 2.88. The summed E-state index contributed by atoms with van der Waals surface area (Å²) in [5.74, 6) is -0.909. The first kappa shape index (κ1) is 13.0. The largest absolute Gasteiger partial charge is 0.478 e.